The standard InChI is InChI=1S/C28H33ClN4O4.C22H21BrClNO5.C20H16BrClN2O3.C18H13BrClNO4/c1-35-17-3-11-31-13-15-32(16-14-31)22-8-5-20(6-9-22)25-27-26(23-19-21(29)7-10-24(23)37-27)33(28(34)30-25)12-4-18-36-2;1-3-29-22(27)25(11-4-12-28-2)19-17-13-16(24)9-10-18(17)30-21(19)20(26)14-5-7-15(23)8-6-14;1-26-10-2-9-24-18-15-11-14(22)7-8-16(15)27-19(18)17(23-20(24)25)12-3-5-13(21)6-4-12;1-2-24-18(23)21-15-13-9-12(20)7-8-14(13)25-17(15)16(22)10-3-5-11(19)6-4-10/h5-10,19H,3-4,11-18H2,1-2H3;5-10,13H,3-4,11-12H2,1-2H3;3-8,11H,2,9-10H2,1H3;3-9H,2H2,1H3,(H,21,23). The van der Waals surface area contributed by atoms with E-state index < -0.39 is 12.2 Å². The molecular weight excluding hydrogens is 1810 g/mol. The van der Waals surface area contributed by atoms with Crippen molar-refractivity contribution < 1.29 is 65.3 Å². The van der Waals surface area contributed by atoms with Crippen LogP contribution in [0.3, 0.4) is 0 Å². The molecule has 0 atom stereocenters. The lowest BCUT2D eigenvalue weighted by Gasteiger charge is -2.36. The van der Waals surface area contributed by atoms with Gasteiger partial charge in [0.05, 0.1) is 13.2 Å². The van der Waals surface area contributed by atoms with E-state index in [-0.39, 0.29) is 59.9 Å². The van der Waals surface area contributed by atoms with Gasteiger partial charge in [0, 0.05) is 190 Å². The zero-order valence-corrected chi connectivity index (χ0v) is 73.5. The number of anilines is 3. The molecule has 2 amide bonds. The summed E-state index contributed by atoms with van der Waals surface area (Å²) < 4.78 is 60.7. The van der Waals surface area contributed by atoms with Crippen molar-refractivity contribution in [3.8, 4) is 22.5 Å². The highest BCUT2D eigenvalue weighted by Gasteiger charge is 2.32. The topological polar surface area (TPSA) is 268 Å². The van der Waals surface area contributed by atoms with Crippen LogP contribution in [0.15, 0.2) is 211 Å². The summed E-state index contributed by atoms with van der Waals surface area (Å²) >= 11 is 34.9. The number of ether oxygens (including phenoxy) is 6. The molecule has 8 aromatic carbocycles. The Morgan fingerprint density at radius 2 is 0.857 bits per heavy atom. The highest BCUT2D eigenvalue weighted by atomic mass is 79.9. The van der Waals surface area contributed by atoms with Gasteiger partial charge in [-0.1, -0.05) is 118 Å². The van der Waals surface area contributed by atoms with Crippen molar-refractivity contribution in [2.24, 2.45) is 0 Å². The number of piperazine rings is 1. The number of fused-ring (bicyclic) bond motifs is 8. The van der Waals surface area contributed by atoms with Gasteiger partial charge in [0.2, 0.25) is 11.6 Å². The van der Waals surface area contributed by atoms with Crippen LogP contribution in [0.4, 0.5) is 26.7 Å². The van der Waals surface area contributed by atoms with Crippen LogP contribution < -0.4 is 26.5 Å². The summed E-state index contributed by atoms with van der Waals surface area (Å²) in [5, 5.41) is 7.38. The Labute approximate surface area is 729 Å². The van der Waals surface area contributed by atoms with E-state index >= 15 is 0 Å². The number of benzene rings is 8. The zero-order valence-electron chi connectivity index (χ0n) is 65.7. The molecule has 31 heteroatoms. The van der Waals surface area contributed by atoms with E-state index in [0.29, 0.717) is 150 Å². The monoisotopic (exact) mass is 1880 g/mol. The fraction of sp³-hybridized carbons (Fsp3) is 0.273. The summed E-state index contributed by atoms with van der Waals surface area (Å²) in [6.07, 6.45) is 1.75. The lowest BCUT2D eigenvalue weighted by molar-refractivity contribution is 0.100. The number of carbonyl (C=O) groups is 4. The summed E-state index contributed by atoms with van der Waals surface area (Å²) in [5.74, 6) is -0.620. The van der Waals surface area contributed by atoms with Crippen LogP contribution >= 0.6 is 94.2 Å². The van der Waals surface area contributed by atoms with E-state index in [2.05, 4.69) is 85.0 Å². The van der Waals surface area contributed by atoms with Gasteiger partial charge in [0.25, 0.3) is 0 Å². The molecule has 0 radical (unpaired) electrons. The molecule has 1 aliphatic heterocycles. The van der Waals surface area contributed by atoms with E-state index in [1.54, 1.807) is 148 Å². The number of carbonyl (C=O) groups excluding carboxylic acids is 4. The molecule has 0 aliphatic carbocycles. The maximum Gasteiger partial charge on any atom is 0.414 e. The van der Waals surface area contributed by atoms with Crippen LogP contribution in [0, 0.1) is 0 Å². The van der Waals surface area contributed by atoms with Crippen LogP contribution in [0.1, 0.15) is 71.8 Å². The van der Waals surface area contributed by atoms with Gasteiger partial charge in [0.1, 0.15) is 56.1 Å². The normalized spacial score (nSPS) is 12.2. The maximum absolute atomic E-state index is 13.3. The summed E-state index contributed by atoms with van der Waals surface area (Å²) in [5.41, 5.74) is 9.55. The minimum atomic E-state index is -0.671. The second-order valence-electron chi connectivity index (χ2n) is 27.1. The van der Waals surface area contributed by atoms with E-state index in [1.165, 1.54) is 10.6 Å². The molecule has 7 heterocycles. The minimum Gasteiger partial charge on any atom is -0.452 e. The number of rotatable bonds is 27. The number of ketones is 2. The largest absolute Gasteiger partial charge is 0.452 e. The second-order valence-corrected chi connectivity index (χ2v) is 31.6. The lowest BCUT2D eigenvalue weighted by Crippen LogP contribution is -2.46. The van der Waals surface area contributed by atoms with Crippen molar-refractivity contribution in [1.82, 2.24) is 24.0 Å². The van der Waals surface area contributed by atoms with E-state index in [0.717, 1.165) is 86.6 Å². The lowest BCUT2D eigenvalue weighted by atomic mass is 10.1. The van der Waals surface area contributed by atoms with E-state index in [4.69, 9.17) is 92.5 Å². The Balaban J connectivity index is 0.000000147. The predicted molar refractivity (Wildman–Crippen MR) is 477 cm³/mol. The molecule has 0 unspecified atom stereocenters. The van der Waals surface area contributed by atoms with Crippen molar-refractivity contribution >= 4 is 201 Å². The summed E-state index contributed by atoms with van der Waals surface area (Å²) in [6.45, 7) is 12.5. The smallest absolute Gasteiger partial charge is 0.414 e. The van der Waals surface area contributed by atoms with E-state index in [9.17, 15) is 28.8 Å². The van der Waals surface area contributed by atoms with Crippen LogP contribution in [0.25, 0.3) is 88.6 Å². The molecule has 1 fully saturated rings. The minimum absolute atomic E-state index is 0.0210. The molecule has 620 valence electrons. The number of nitrogens with zero attached hydrogens (tertiary/aromatic N) is 7. The van der Waals surface area contributed by atoms with Gasteiger partial charge in [-0.2, -0.15) is 9.97 Å². The second kappa shape index (κ2) is 42.0. The third-order valence-electron chi connectivity index (χ3n) is 19.3. The Morgan fingerprint density at radius 1 is 0.462 bits per heavy atom. The molecule has 1 N–H and O–H groups in total. The van der Waals surface area contributed by atoms with E-state index in [1.807, 2.05) is 60.7 Å². The number of aryl methyl sites for hydroxylation is 2. The predicted octanol–water partition coefficient (Wildman–Crippen LogP) is 21.6. The first-order valence-electron chi connectivity index (χ1n) is 38.1. The average molecular weight is 1890 g/mol. The fourth-order valence-corrected chi connectivity index (χ4v) is 15.1. The molecule has 24 nitrogen and oxygen atoms in total. The van der Waals surface area contributed by atoms with Gasteiger partial charge < -0.3 is 51.0 Å². The Morgan fingerprint density at radius 3 is 1.32 bits per heavy atom. The van der Waals surface area contributed by atoms with Gasteiger partial charge in [-0.3, -0.25) is 33.8 Å². The molecule has 119 heavy (non-hydrogen) atoms. The number of halogens is 7. The van der Waals surface area contributed by atoms with Crippen molar-refractivity contribution in [3.63, 3.8) is 0 Å². The summed E-state index contributed by atoms with van der Waals surface area (Å²) in [6, 6.07) is 50.5. The third-order valence-corrected chi connectivity index (χ3v) is 21.8. The average Bonchev–Trinajstić information content (AvgIpc) is 1.60. The molecule has 1 saturated heterocycles. The van der Waals surface area contributed by atoms with Crippen molar-refractivity contribution in [3.05, 3.63) is 247 Å². The van der Waals surface area contributed by atoms with Crippen LogP contribution in [-0.2, 0) is 41.5 Å². The number of aromatic nitrogens is 4. The number of hydrogen-bond acceptors (Lipinski definition) is 20. The number of furan rings is 4. The molecule has 0 bridgehead atoms. The Hall–Kier alpha value is -9.72. The Kier molecular flexibility index (Phi) is 31.2. The zero-order chi connectivity index (χ0) is 84.4. The number of nitrogens with one attached hydrogen (secondary N) is 1. The van der Waals surface area contributed by atoms with Gasteiger partial charge >= 0.3 is 23.6 Å². The quantitative estimate of drug-likeness (QED) is 0.0370. The molecule has 15 rings (SSSR count). The summed E-state index contributed by atoms with van der Waals surface area (Å²) in [4.78, 5) is 91.9. The van der Waals surface area contributed by atoms with Gasteiger partial charge in [0.15, 0.2) is 22.7 Å². The summed E-state index contributed by atoms with van der Waals surface area (Å²) in [7, 11) is 6.63. The maximum atomic E-state index is 13.3. The van der Waals surface area contributed by atoms with Gasteiger partial charge in [-0.15, -0.1) is 0 Å². The molecule has 0 saturated carbocycles. The Bertz CT molecular complexity index is 6050. The molecule has 0 spiro atoms. The first kappa shape index (κ1) is 88.6. The molecular formula is C88H83Br3Cl4N8O16. The number of methoxy groups -OCH3 is 4. The highest BCUT2D eigenvalue weighted by Crippen LogP contribution is 2.41. The highest BCUT2D eigenvalue weighted by molar-refractivity contribution is 9.11. The fourth-order valence-electron chi connectivity index (χ4n) is 13.6. The number of amides is 2. The van der Waals surface area contributed by atoms with Crippen molar-refractivity contribution in [2.75, 3.05) is 122 Å². The van der Waals surface area contributed by atoms with Crippen molar-refractivity contribution in [2.45, 2.75) is 52.6 Å². The first-order valence-corrected chi connectivity index (χ1v) is 42.0. The van der Waals surface area contributed by atoms with Gasteiger partial charge in [-0.05, 0) is 185 Å². The van der Waals surface area contributed by atoms with Gasteiger partial charge in [-0.25, -0.2) is 19.2 Å². The van der Waals surface area contributed by atoms with Crippen LogP contribution in [0.2, 0.25) is 20.1 Å². The number of hydrogen-bond donors (Lipinski definition) is 1. The molecule has 1 aliphatic rings. The SMILES string of the molecule is CCOC(=O)N(CCCOC)c1c(C(=O)c2ccc(Br)cc2)oc2ccc(Cl)cc12.CCOC(=O)Nc1c(C(=O)c2ccc(Br)cc2)oc2ccc(Cl)cc12.COCCCN1CCN(c2ccc(-c3nc(=O)n(CCCOC)c4c3oc3ccc(Cl)cc34)cc2)CC1.COCCCn1c(=O)nc(-c2ccc(Br)cc2)c2oc3ccc(Cl)cc3c21. The third kappa shape index (κ3) is 21.5. The van der Waals surface area contributed by atoms with Crippen LogP contribution in [0.5, 0.6) is 0 Å². The molecule has 14 aromatic rings. The van der Waals surface area contributed by atoms with Crippen LogP contribution in [-0.4, -0.2) is 155 Å². The first-order chi connectivity index (χ1) is 57.6. The molecule has 6 aromatic heterocycles. The van der Waals surface area contributed by atoms with Crippen molar-refractivity contribution in [1.29, 1.82) is 0 Å².